The van der Waals surface area contributed by atoms with Gasteiger partial charge < -0.3 is 4.43 Å². The summed E-state index contributed by atoms with van der Waals surface area (Å²) in [5, 5.41) is 0. The lowest BCUT2D eigenvalue weighted by molar-refractivity contribution is 0.287. The lowest BCUT2D eigenvalue weighted by Crippen LogP contribution is -2.37. The van der Waals surface area contributed by atoms with E-state index in [-0.39, 0.29) is 0 Å². The van der Waals surface area contributed by atoms with Crippen LogP contribution < -0.4 is 0 Å². The number of rotatable bonds is 6. The van der Waals surface area contributed by atoms with Gasteiger partial charge in [-0.05, 0) is 40.4 Å². The maximum atomic E-state index is 6.61. The minimum atomic E-state index is -1.53. The maximum Gasteiger partial charge on any atom is 0.192 e. The summed E-state index contributed by atoms with van der Waals surface area (Å²) in [6, 6.07) is 21.3. The van der Waals surface area contributed by atoms with Crippen molar-refractivity contribution in [3.63, 3.8) is 0 Å². The monoisotopic (exact) mass is 310 g/mol. The summed E-state index contributed by atoms with van der Waals surface area (Å²) in [5.74, 6) is 0.406. The molecule has 0 bridgehead atoms. The molecule has 0 radical (unpaired) electrons. The van der Waals surface area contributed by atoms with Crippen molar-refractivity contribution in [2.45, 2.75) is 44.8 Å². The third-order valence-corrected chi connectivity index (χ3v) is 10.1. The Morgan fingerprint density at radius 1 is 0.773 bits per heavy atom. The van der Waals surface area contributed by atoms with Gasteiger partial charge in [0.2, 0.25) is 0 Å². The van der Waals surface area contributed by atoms with Crippen LogP contribution in [-0.2, 0) is 4.43 Å². The van der Waals surface area contributed by atoms with Crippen LogP contribution in [0.15, 0.2) is 48.5 Å². The fraction of sp³-hybridized carbons (Fsp3) is 0.400. The van der Waals surface area contributed by atoms with Gasteiger partial charge in [0, 0.05) is 12.5 Å². The van der Waals surface area contributed by atoms with E-state index in [1.807, 2.05) is 0 Å². The van der Waals surface area contributed by atoms with Gasteiger partial charge in [-0.25, -0.2) is 0 Å². The first-order valence-corrected chi connectivity index (χ1v) is 11.1. The Balaban J connectivity index is 1.91. The first kappa shape index (κ1) is 15.5. The summed E-state index contributed by atoms with van der Waals surface area (Å²) in [6.45, 7) is 7.75. The van der Waals surface area contributed by atoms with Crippen molar-refractivity contribution < 1.29 is 4.43 Å². The predicted molar refractivity (Wildman–Crippen MR) is 96.9 cm³/mol. The van der Waals surface area contributed by atoms with E-state index in [0.29, 0.717) is 5.92 Å². The van der Waals surface area contributed by atoms with Gasteiger partial charge in [0.1, 0.15) is 0 Å². The van der Waals surface area contributed by atoms with E-state index in [4.69, 9.17) is 4.43 Å². The minimum Gasteiger partial charge on any atom is -0.416 e. The van der Waals surface area contributed by atoms with Crippen LogP contribution in [0.4, 0.5) is 0 Å². The van der Waals surface area contributed by atoms with Crippen LogP contribution in [0.2, 0.25) is 18.1 Å². The average Bonchev–Trinajstić information content (AvgIpc) is 2.91. The molecular formula is C20H26OSi. The van der Waals surface area contributed by atoms with Gasteiger partial charge >= 0.3 is 0 Å². The molecule has 0 amide bonds. The quantitative estimate of drug-likeness (QED) is 0.611. The zero-order valence-electron chi connectivity index (χ0n) is 13.9. The third-order valence-electron chi connectivity index (χ3n) is 5.45. The molecule has 2 heteroatoms. The lowest BCUT2D eigenvalue weighted by atomic mass is 9.98. The molecule has 22 heavy (non-hydrogen) atoms. The van der Waals surface area contributed by atoms with Crippen molar-refractivity contribution in [1.82, 2.24) is 0 Å². The van der Waals surface area contributed by atoms with E-state index < -0.39 is 8.32 Å². The second kappa shape index (κ2) is 6.39. The number of hydrogen-bond donors (Lipinski definition) is 0. The van der Waals surface area contributed by atoms with E-state index in [9.17, 15) is 0 Å². The summed E-state index contributed by atoms with van der Waals surface area (Å²) >= 11 is 0. The van der Waals surface area contributed by atoms with Gasteiger partial charge in [0.05, 0.1) is 0 Å². The molecule has 0 saturated carbocycles. The van der Waals surface area contributed by atoms with Crippen LogP contribution in [0.5, 0.6) is 0 Å². The van der Waals surface area contributed by atoms with Crippen LogP contribution >= 0.6 is 0 Å². The molecule has 0 heterocycles. The summed E-state index contributed by atoms with van der Waals surface area (Å²) in [5.41, 5.74) is 5.66. The van der Waals surface area contributed by atoms with Crippen LogP contribution in [0.25, 0.3) is 11.1 Å². The molecule has 116 valence electrons. The average molecular weight is 311 g/mol. The van der Waals surface area contributed by atoms with Gasteiger partial charge in [-0.2, -0.15) is 0 Å². The predicted octanol–water partition coefficient (Wildman–Crippen LogP) is 5.82. The molecular weight excluding hydrogens is 284 g/mol. The Bertz CT molecular complexity index is 592. The number of hydrogen-bond acceptors (Lipinski definition) is 1. The molecule has 0 spiro atoms. The number of fused-ring (bicyclic) bond motifs is 3. The minimum absolute atomic E-state index is 0.406. The van der Waals surface area contributed by atoms with E-state index >= 15 is 0 Å². The first-order valence-electron chi connectivity index (χ1n) is 8.57. The molecule has 0 N–H and O–H groups in total. The highest BCUT2D eigenvalue weighted by atomic mass is 28.4. The van der Waals surface area contributed by atoms with Gasteiger partial charge in [-0.1, -0.05) is 69.3 Å². The summed E-state index contributed by atoms with van der Waals surface area (Å²) in [4.78, 5) is 0. The van der Waals surface area contributed by atoms with Gasteiger partial charge in [-0.3, -0.25) is 0 Å². The fourth-order valence-electron chi connectivity index (χ4n) is 3.76. The zero-order valence-corrected chi connectivity index (χ0v) is 14.9. The molecule has 1 aliphatic rings. The van der Waals surface area contributed by atoms with Crippen molar-refractivity contribution in [3.05, 3.63) is 59.7 Å². The fourth-order valence-corrected chi connectivity index (χ4v) is 6.39. The van der Waals surface area contributed by atoms with Crippen LogP contribution in [0, 0.1) is 0 Å². The van der Waals surface area contributed by atoms with Crippen molar-refractivity contribution in [1.29, 1.82) is 0 Å². The summed E-state index contributed by atoms with van der Waals surface area (Å²) in [6.07, 6.45) is 0. The Hall–Kier alpha value is -1.38. The Morgan fingerprint density at radius 2 is 1.23 bits per heavy atom. The summed E-state index contributed by atoms with van der Waals surface area (Å²) < 4.78 is 6.61. The maximum absolute atomic E-state index is 6.61. The molecule has 0 aromatic heterocycles. The highest BCUT2D eigenvalue weighted by Crippen LogP contribution is 2.45. The first-order chi connectivity index (χ1) is 10.7. The van der Waals surface area contributed by atoms with E-state index in [0.717, 1.165) is 6.61 Å². The van der Waals surface area contributed by atoms with E-state index in [1.54, 1.807) is 0 Å². The highest BCUT2D eigenvalue weighted by molar-refractivity contribution is 6.73. The molecule has 2 aromatic carbocycles. The van der Waals surface area contributed by atoms with Gasteiger partial charge in [0.25, 0.3) is 0 Å². The largest absolute Gasteiger partial charge is 0.416 e. The van der Waals surface area contributed by atoms with E-state index in [2.05, 4.69) is 69.3 Å². The van der Waals surface area contributed by atoms with Gasteiger partial charge in [0.15, 0.2) is 8.32 Å². The van der Waals surface area contributed by atoms with E-state index in [1.165, 1.54) is 40.4 Å². The SMILES string of the molecule is CC[Si](CC)(CC)OCC1c2ccccc2-c2ccccc21. The second-order valence-corrected chi connectivity index (χ2v) is 11.1. The highest BCUT2D eigenvalue weighted by Gasteiger charge is 2.33. The van der Waals surface area contributed by atoms with Gasteiger partial charge in [-0.15, -0.1) is 0 Å². The lowest BCUT2D eigenvalue weighted by Gasteiger charge is -2.30. The molecule has 1 nitrogen and oxygen atoms in total. The molecule has 0 aliphatic heterocycles. The van der Waals surface area contributed by atoms with Crippen molar-refractivity contribution in [3.8, 4) is 11.1 Å². The molecule has 0 atom stereocenters. The summed E-state index contributed by atoms with van der Waals surface area (Å²) in [7, 11) is -1.53. The molecule has 0 saturated heterocycles. The third kappa shape index (κ3) is 2.55. The second-order valence-electron chi connectivity index (χ2n) is 6.28. The Labute approximate surface area is 135 Å². The number of benzene rings is 2. The van der Waals surface area contributed by atoms with Crippen molar-refractivity contribution in [2.75, 3.05) is 6.61 Å². The smallest absolute Gasteiger partial charge is 0.192 e. The van der Waals surface area contributed by atoms with Crippen molar-refractivity contribution in [2.24, 2.45) is 0 Å². The molecule has 1 aliphatic carbocycles. The van der Waals surface area contributed by atoms with Crippen LogP contribution in [-0.4, -0.2) is 14.9 Å². The molecule has 0 fully saturated rings. The molecule has 2 aromatic rings. The standard InChI is InChI=1S/C20H26OSi/c1-4-22(5-2,6-3)21-15-20-18-13-9-7-11-16(18)17-12-8-10-14-19(17)20/h7-14,20H,4-6,15H2,1-3H3. The topological polar surface area (TPSA) is 9.23 Å². The molecule has 3 rings (SSSR count). The zero-order chi connectivity index (χ0) is 15.6. The van der Waals surface area contributed by atoms with Crippen molar-refractivity contribution >= 4 is 8.32 Å². The van der Waals surface area contributed by atoms with Crippen LogP contribution in [0.3, 0.4) is 0 Å². The Morgan fingerprint density at radius 3 is 1.68 bits per heavy atom. The molecule has 0 unspecified atom stereocenters. The normalized spacial score (nSPS) is 14.0. The van der Waals surface area contributed by atoms with Crippen LogP contribution in [0.1, 0.15) is 37.8 Å². The Kier molecular flexibility index (Phi) is 4.51.